The quantitative estimate of drug-likeness (QED) is 0.927. The van der Waals surface area contributed by atoms with Gasteiger partial charge in [-0.15, -0.1) is 0 Å². The lowest BCUT2D eigenvalue weighted by atomic mass is 10.3. The first-order valence-electron chi connectivity index (χ1n) is 6.96. The standard InChI is InChI=1S/C14H17N3O4S/c1-3-17-10(2)14(9-15-17)22(18,19)16-11-4-5-12-13(8-11)21-7-6-20-12/h4-5,8-9,16H,3,6-7H2,1-2H3. The maximum absolute atomic E-state index is 12.5. The summed E-state index contributed by atoms with van der Waals surface area (Å²) in [7, 11) is -3.69. The maximum atomic E-state index is 12.5. The van der Waals surface area contributed by atoms with Crippen LogP contribution in [0.1, 0.15) is 12.6 Å². The molecule has 22 heavy (non-hydrogen) atoms. The van der Waals surface area contributed by atoms with E-state index in [1.165, 1.54) is 6.20 Å². The van der Waals surface area contributed by atoms with Gasteiger partial charge in [0.05, 0.1) is 17.6 Å². The smallest absolute Gasteiger partial charge is 0.265 e. The molecule has 0 amide bonds. The number of hydrogen-bond donors (Lipinski definition) is 1. The molecule has 0 radical (unpaired) electrons. The molecule has 0 saturated heterocycles. The molecule has 1 aromatic heterocycles. The van der Waals surface area contributed by atoms with Crippen LogP contribution in [0.2, 0.25) is 0 Å². The van der Waals surface area contributed by atoms with Crippen LogP contribution in [-0.2, 0) is 16.6 Å². The van der Waals surface area contributed by atoms with E-state index in [1.54, 1.807) is 29.8 Å². The van der Waals surface area contributed by atoms with Gasteiger partial charge in [-0.3, -0.25) is 9.40 Å². The normalized spacial score (nSPS) is 13.9. The highest BCUT2D eigenvalue weighted by Crippen LogP contribution is 2.33. The van der Waals surface area contributed by atoms with Gasteiger partial charge < -0.3 is 9.47 Å². The number of fused-ring (bicyclic) bond motifs is 1. The Morgan fingerprint density at radius 1 is 1.27 bits per heavy atom. The van der Waals surface area contributed by atoms with Gasteiger partial charge in [0.15, 0.2) is 11.5 Å². The van der Waals surface area contributed by atoms with Crippen LogP contribution in [0, 0.1) is 6.92 Å². The van der Waals surface area contributed by atoms with Crippen molar-refractivity contribution in [2.24, 2.45) is 0 Å². The molecule has 0 atom stereocenters. The van der Waals surface area contributed by atoms with Crippen molar-refractivity contribution < 1.29 is 17.9 Å². The van der Waals surface area contributed by atoms with Crippen molar-refractivity contribution >= 4 is 15.7 Å². The molecule has 0 aliphatic carbocycles. The van der Waals surface area contributed by atoms with Gasteiger partial charge in [-0.2, -0.15) is 5.10 Å². The van der Waals surface area contributed by atoms with Crippen LogP contribution in [0.15, 0.2) is 29.3 Å². The van der Waals surface area contributed by atoms with Crippen LogP contribution >= 0.6 is 0 Å². The Morgan fingerprint density at radius 2 is 2.00 bits per heavy atom. The number of sulfonamides is 1. The number of aromatic nitrogens is 2. The van der Waals surface area contributed by atoms with E-state index >= 15 is 0 Å². The summed E-state index contributed by atoms with van der Waals surface area (Å²) in [6, 6.07) is 4.95. The van der Waals surface area contributed by atoms with Crippen molar-refractivity contribution in [2.45, 2.75) is 25.3 Å². The lowest BCUT2D eigenvalue weighted by molar-refractivity contribution is 0.171. The van der Waals surface area contributed by atoms with Gasteiger partial charge in [0.25, 0.3) is 10.0 Å². The zero-order valence-corrected chi connectivity index (χ0v) is 13.2. The highest BCUT2D eigenvalue weighted by molar-refractivity contribution is 7.92. The highest BCUT2D eigenvalue weighted by Gasteiger charge is 2.21. The fourth-order valence-corrected chi connectivity index (χ4v) is 3.56. The number of nitrogens with zero attached hydrogens (tertiary/aromatic N) is 2. The Labute approximate surface area is 128 Å². The number of rotatable bonds is 4. The van der Waals surface area contributed by atoms with Crippen molar-refractivity contribution in [1.29, 1.82) is 0 Å². The third kappa shape index (κ3) is 2.61. The summed E-state index contributed by atoms with van der Waals surface area (Å²) in [5.74, 6) is 1.15. The van der Waals surface area contributed by atoms with Crippen molar-refractivity contribution in [3.8, 4) is 11.5 Å². The van der Waals surface area contributed by atoms with E-state index in [0.717, 1.165) is 0 Å². The van der Waals surface area contributed by atoms with Gasteiger partial charge in [0.2, 0.25) is 0 Å². The predicted octanol–water partition coefficient (Wildman–Crippen LogP) is 1.78. The molecule has 0 saturated carbocycles. The second-order valence-corrected chi connectivity index (χ2v) is 6.52. The maximum Gasteiger partial charge on any atom is 0.265 e. The molecule has 1 aliphatic heterocycles. The molecule has 118 valence electrons. The molecule has 3 rings (SSSR count). The SMILES string of the molecule is CCn1ncc(S(=O)(=O)Nc2ccc3c(c2)OCCO3)c1C. The number of aryl methyl sites for hydroxylation is 1. The molecule has 8 heteroatoms. The molecule has 1 aromatic carbocycles. The van der Waals surface area contributed by atoms with Crippen molar-refractivity contribution in [2.75, 3.05) is 17.9 Å². The summed E-state index contributed by atoms with van der Waals surface area (Å²) >= 11 is 0. The lowest BCUT2D eigenvalue weighted by Gasteiger charge is -2.19. The van der Waals surface area contributed by atoms with Gasteiger partial charge in [0, 0.05) is 12.6 Å². The number of ether oxygens (including phenoxy) is 2. The van der Waals surface area contributed by atoms with E-state index < -0.39 is 10.0 Å². The Kier molecular flexibility index (Phi) is 3.69. The van der Waals surface area contributed by atoms with Gasteiger partial charge in [-0.1, -0.05) is 0 Å². The summed E-state index contributed by atoms with van der Waals surface area (Å²) < 4.78 is 40.0. The minimum absolute atomic E-state index is 0.171. The topological polar surface area (TPSA) is 82.5 Å². The van der Waals surface area contributed by atoms with E-state index in [9.17, 15) is 8.42 Å². The minimum atomic E-state index is -3.69. The number of nitrogens with one attached hydrogen (secondary N) is 1. The summed E-state index contributed by atoms with van der Waals surface area (Å²) in [6.45, 7) is 5.20. The largest absolute Gasteiger partial charge is 0.486 e. The zero-order chi connectivity index (χ0) is 15.7. The van der Waals surface area contributed by atoms with E-state index in [4.69, 9.17) is 9.47 Å². The summed E-state index contributed by atoms with van der Waals surface area (Å²) in [6.07, 6.45) is 1.36. The van der Waals surface area contributed by atoms with Crippen molar-refractivity contribution in [1.82, 2.24) is 9.78 Å². The molecular weight excluding hydrogens is 306 g/mol. The summed E-state index contributed by atoms with van der Waals surface area (Å²) in [5, 5.41) is 4.07. The molecule has 2 heterocycles. The monoisotopic (exact) mass is 323 g/mol. The minimum Gasteiger partial charge on any atom is -0.486 e. The fourth-order valence-electron chi connectivity index (χ4n) is 2.33. The lowest BCUT2D eigenvalue weighted by Crippen LogP contribution is -2.17. The predicted molar refractivity (Wildman–Crippen MR) is 80.9 cm³/mol. The van der Waals surface area contributed by atoms with E-state index in [1.807, 2.05) is 6.92 Å². The van der Waals surface area contributed by atoms with Crippen LogP contribution in [0.3, 0.4) is 0 Å². The first-order valence-corrected chi connectivity index (χ1v) is 8.44. The second kappa shape index (κ2) is 5.53. The molecule has 7 nitrogen and oxygen atoms in total. The van der Waals surface area contributed by atoms with Crippen LogP contribution < -0.4 is 14.2 Å². The average Bonchev–Trinajstić information content (AvgIpc) is 2.88. The first kappa shape index (κ1) is 14.7. The second-order valence-electron chi connectivity index (χ2n) is 4.87. The molecule has 0 spiro atoms. The van der Waals surface area contributed by atoms with Crippen LogP contribution in [-0.4, -0.2) is 31.4 Å². The summed E-state index contributed by atoms with van der Waals surface area (Å²) in [4.78, 5) is 0.171. The summed E-state index contributed by atoms with van der Waals surface area (Å²) in [5.41, 5.74) is 1.03. The Balaban J connectivity index is 1.89. The third-order valence-electron chi connectivity index (χ3n) is 3.44. The van der Waals surface area contributed by atoms with Gasteiger partial charge in [-0.25, -0.2) is 8.42 Å². The molecule has 0 unspecified atom stereocenters. The Hall–Kier alpha value is -2.22. The zero-order valence-electron chi connectivity index (χ0n) is 12.4. The fraction of sp³-hybridized carbons (Fsp3) is 0.357. The van der Waals surface area contributed by atoms with Gasteiger partial charge in [0.1, 0.15) is 18.1 Å². The van der Waals surface area contributed by atoms with Crippen LogP contribution in [0.4, 0.5) is 5.69 Å². The van der Waals surface area contributed by atoms with E-state index in [2.05, 4.69) is 9.82 Å². The first-order chi connectivity index (χ1) is 10.5. The molecule has 1 N–H and O–H groups in total. The third-order valence-corrected chi connectivity index (χ3v) is 4.93. The highest BCUT2D eigenvalue weighted by atomic mass is 32.2. The van der Waals surface area contributed by atoms with Gasteiger partial charge >= 0.3 is 0 Å². The van der Waals surface area contributed by atoms with Crippen molar-refractivity contribution in [3.05, 3.63) is 30.1 Å². The number of hydrogen-bond acceptors (Lipinski definition) is 5. The molecule has 0 fully saturated rings. The molecule has 1 aliphatic rings. The Bertz CT molecular complexity index is 798. The van der Waals surface area contributed by atoms with Crippen LogP contribution in [0.5, 0.6) is 11.5 Å². The van der Waals surface area contributed by atoms with Crippen LogP contribution in [0.25, 0.3) is 0 Å². The molecule has 2 aromatic rings. The van der Waals surface area contributed by atoms with Gasteiger partial charge in [-0.05, 0) is 26.0 Å². The van der Waals surface area contributed by atoms with Crippen molar-refractivity contribution in [3.63, 3.8) is 0 Å². The average molecular weight is 323 g/mol. The molecule has 0 bridgehead atoms. The Morgan fingerprint density at radius 3 is 2.68 bits per heavy atom. The molecular formula is C14H17N3O4S. The number of benzene rings is 1. The number of anilines is 1. The van der Waals surface area contributed by atoms with E-state index in [0.29, 0.717) is 42.6 Å². The van der Waals surface area contributed by atoms with E-state index in [-0.39, 0.29) is 4.90 Å².